The molecule has 0 spiro atoms. The van der Waals surface area contributed by atoms with Crippen molar-refractivity contribution in [1.82, 2.24) is 4.90 Å². The second kappa shape index (κ2) is 5.65. The fraction of sp³-hybridized carbons (Fsp3) is 0.500. The second-order valence-corrected chi connectivity index (χ2v) is 5.07. The van der Waals surface area contributed by atoms with E-state index < -0.39 is 11.6 Å². The maximum absolute atomic E-state index is 13.5. The molecule has 3 nitrogen and oxygen atoms in total. The van der Waals surface area contributed by atoms with Crippen molar-refractivity contribution in [3.05, 3.63) is 35.4 Å². The fourth-order valence-corrected chi connectivity index (χ4v) is 2.61. The highest BCUT2D eigenvalue weighted by Crippen LogP contribution is 2.24. The van der Waals surface area contributed by atoms with Crippen molar-refractivity contribution >= 4 is 5.91 Å². The minimum atomic E-state index is -0.676. The highest BCUT2D eigenvalue weighted by atomic mass is 19.1. The van der Waals surface area contributed by atoms with Crippen LogP contribution in [0.15, 0.2) is 18.2 Å². The number of nitrogens with zero attached hydrogens (tertiary/aromatic N) is 1. The first-order valence-electron chi connectivity index (χ1n) is 6.46. The summed E-state index contributed by atoms with van der Waals surface area (Å²) in [7, 11) is 0. The zero-order valence-electron chi connectivity index (χ0n) is 10.9. The lowest BCUT2D eigenvalue weighted by atomic mass is 10.0. The Bertz CT molecular complexity index is 479. The summed E-state index contributed by atoms with van der Waals surface area (Å²) >= 11 is 0. The Morgan fingerprint density at radius 3 is 2.84 bits per heavy atom. The number of benzene rings is 1. The van der Waals surface area contributed by atoms with E-state index in [1.807, 2.05) is 0 Å². The summed E-state index contributed by atoms with van der Waals surface area (Å²) in [4.78, 5) is 13.9. The van der Waals surface area contributed by atoms with Gasteiger partial charge in [-0.15, -0.1) is 0 Å². The summed E-state index contributed by atoms with van der Waals surface area (Å²) in [5.74, 6) is -1.09. The molecule has 1 saturated heterocycles. The van der Waals surface area contributed by atoms with Gasteiger partial charge in [0.1, 0.15) is 11.6 Å². The third kappa shape index (κ3) is 2.92. The number of likely N-dealkylation sites (tertiary alicyclic amines) is 1. The summed E-state index contributed by atoms with van der Waals surface area (Å²) in [5, 5.41) is 0. The molecule has 2 unspecified atom stereocenters. The van der Waals surface area contributed by atoms with Crippen molar-refractivity contribution < 1.29 is 13.6 Å². The molecule has 2 N–H and O–H groups in total. The Hall–Kier alpha value is -1.49. The number of amides is 1. The van der Waals surface area contributed by atoms with Crippen LogP contribution in [0.25, 0.3) is 0 Å². The van der Waals surface area contributed by atoms with Crippen molar-refractivity contribution in [2.24, 2.45) is 11.7 Å². The van der Waals surface area contributed by atoms with E-state index in [0.717, 1.165) is 12.5 Å². The van der Waals surface area contributed by atoms with Gasteiger partial charge >= 0.3 is 0 Å². The van der Waals surface area contributed by atoms with Crippen LogP contribution in [0.2, 0.25) is 0 Å². The number of halogens is 2. The van der Waals surface area contributed by atoms with Crippen LogP contribution >= 0.6 is 0 Å². The van der Waals surface area contributed by atoms with Gasteiger partial charge in [-0.2, -0.15) is 0 Å². The number of nitrogens with two attached hydrogens (primary N) is 1. The first-order valence-corrected chi connectivity index (χ1v) is 6.46. The van der Waals surface area contributed by atoms with Crippen LogP contribution in [-0.2, 0) is 11.2 Å². The van der Waals surface area contributed by atoms with Gasteiger partial charge in [0, 0.05) is 25.2 Å². The van der Waals surface area contributed by atoms with E-state index in [0.29, 0.717) is 19.0 Å². The average molecular weight is 268 g/mol. The maximum atomic E-state index is 13.5. The standard InChI is InChI=1S/C14H18F2N2O/c1-9-4-5-18(13(9)8-17)14(19)6-10-2-3-11(15)7-12(10)16/h2-3,7,9,13H,4-6,8,17H2,1H3. The quantitative estimate of drug-likeness (QED) is 0.907. The number of carbonyl (C=O) groups is 1. The van der Waals surface area contributed by atoms with Crippen LogP contribution in [0.1, 0.15) is 18.9 Å². The Morgan fingerprint density at radius 1 is 1.47 bits per heavy atom. The van der Waals surface area contributed by atoms with E-state index >= 15 is 0 Å². The summed E-state index contributed by atoms with van der Waals surface area (Å²) in [6.45, 7) is 3.13. The molecule has 19 heavy (non-hydrogen) atoms. The predicted octanol–water partition coefficient (Wildman–Crippen LogP) is 1.70. The SMILES string of the molecule is CC1CCN(C(=O)Cc2ccc(F)cc2F)C1CN. The van der Waals surface area contributed by atoms with Crippen LogP contribution in [0.3, 0.4) is 0 Å². The predicted molar refractivity (Wildman–Crippen MR) is 68.4 cm³/mol. The molecule has 0 aromatic heterocycles. The van der Waals surface area contributed by atoms with Gasteiger partial charge in [0.25, 0.3) is 0 Å². The van der Waals surface area contributed by atoms with E-state index in [1.165, 1.54) is 12.1 Å². The molecular weight excluding hydrogens is 250 g/mol. The van der Waals surface area contributed by atoms with Crippen molar-refractivity contribution in [2.75, 3.05) is 13.1 Å². The molecule has 1 aliphatic heterocycles. The molecular formula is C14H18F2N2O. The monoisotopic (exact) mass is 268 g/mol. The van der Waals surface area contributed by atoms with Gasteiger partial charge in [0.2, 0.25) is 5.91 Å². The van der Waals surface area contributed by atoms with Crippen molar-refractivity contribution in [2.45, 2.75) is 25.8 Å². The minimum Gasteiger partial charge on any atom is -0.338 e. The summed E-state index contributed by atoms with van der Waals surface area (Å²) in [6, 6.07) is 3.31. The molecule has 1 aromatic rings. The molecule has 0 saturated carbocycles. The number of hydrogen-bond donors (Lipinski definition) is 1. The third-order valence-corrected chi connectivity index (χ3v) is 3.80. The molecule has 0 aliphatic carbocycles. The van der Waals surface area contributed by atoms with Crippen molar-refractivity contribution in [3.8, 4) is 0 Å². The lowest BCUT2D eigenvalue weighted by Gasteiger charge is -2.25. The average Bonchev–Trinajstić information content (AvgIpc) is 2.74. The Labute approximate surface area is 111 Å². The van der Waals surface area contributed by atoms with E-state index in [2.05, 4.69) is 6.92 Å². The molecule has 1 aromatic carbocycles. The van der Waals surface area contributed by atoms with Crippen molar-refractivity contribution in [1.29, 1.82) is 0 Å². The van der Waals surface area contributed by atoms with Crippen LogP contribution in [-0.4, -0.2) is 29.9 Å². The smallest absolute Gasteiger partial charge is 0.227 e. The Balaban J connectivity index is 2.09. The van der Waals surface area contributed by atoms with Gasteiger partial charge in [-0.25, -0.2) is 8.78 Å². The van der Waals surface area contributed by atoms with Crippen LogP contribution < -0.4 is 5.73 Å². The Kier molecular flexibility index (Phi) is 4.14. The van der Waals surface area contributed by atoms with Gasteiger partial charge < -0.3 is 10.6 Å². The first kappa shape index (κ1) is 13.9. The zero-order valence-corrected chi connectivity index (χ0v) is 10.9. The number of carbonyl (C=O) groups excluding carboxylic acids is 1. The van der Waals surface area contributed by atoms with Crippen LogP contribution in [0, 0.1) is 17.6 Å². The van der Waals surface area contributed by atoms with Gasteiger partial charge in [0.05, 0.1) is 6.42 Å². The molecule has 2 atom stereocenters. The van der Waals surface area contributed by atoms with Gasteiger partial charge in [0.15, 0.2) is 0 Å². The van der Waals surface area contributed by atoms with E-state index in [4.69, 9.17) is 5.73 Å². The summed E-state index contributed by atoms with van der Waals surface area (Å²) in [6.07, 6.45) is 0.870. The largest absolute Gasteiger partial charge is 0.338 e. The molecule has 0 radical (unpaired) electrons. The molecule has 5 heteroatoms. The third-order valence-electron chi connectivity index (χ3n) is 3.80. The van der Waals surface area contributed by atoms with E-state index in [1.54, 1.807) is 4.90 Å². The van der Waals surface area contributed by atoms with Gasteiger partial charge in [-0.3, -0.25) is 4.79 Å². The topological polar surface area (TPSA) is 46.3 Å². The van der Waals surface area contributed by atoms with Crippen LogP contribution in [0.5, 0.6) is 0 Å². The lowest BCUT2D eigenvalue weighted by Crippen LogP contribution is -2.42. The highest BCUT2D eigenvalue weighted by molar-refractivity contribution is 5.79. The second-order valence-electron chi connectivity index (χ2n) is 5.07. The zero-order chi connectivity index (χ0) is 14.0. The molecule has 104 valence electrons. The van der Waals surface area contributed by atoms with Crippen molar-refractivity contribution in [3.63, 3.8) is 0 Å². The molecule has 1 heterocycles. The highest BCUT2D eigenvalue weighted by Gasteiger charge is 2.33. The van der Waals surface area contributed by atoms with Crippen LogP contribution in [0.4, 0.5) is 8.78 Å². The maximum Gasteiger partial charge on any atom is 0.227 e. The molecule has 0 bridgehead atoms. The molecule has 1 fully saturated rings. The number of hydrogen-bond acceptors (Lipinski definition) is 2. The number of rotatable bonds is 3. The molecule has 2 rings (SSSR count). The fourth-order valence-electron chi connectivity index (χ4n) is 2.61. The van der Waals surface area contributed by atoms with E-state index in [-0.39, 0.29) is 23.9 Å². The molecule has 1 amide bonds. The first-order chi connectivity index (χ1) is 9.02. The lowest BCUT2D eigenvalue weighted by molar-refractivity contribution is -0.131. The van der Waals surface area contributed by atoms with Gasteiger partial charge in [-0.05, 0) is 24.0 Å². The Morgan fingerprint density at radius 2 is 2.21 bits per heavy atom. The normalized spacial score (nSPS) is 22.8. The minimum absolute atomic E-state index is 0.0241. The summed E-state index contributed by atoms with van der Waals surface area (Å²) < 4.78 is 26.3. The summed E-state index contributed by atoms with van der Waals surface area (Å²) in [5.41, 5.74) is 5.90. The van der Waals surface area contributed by atoms with E-state index in [9.17, 15) is 13.6 Å². The molecule has 1 aliphatic rings. The van der Waals surface area contributed by atoms with Gasteiger partial charge in [-0.1, -0.05) is 13.0 Å².